The van der Waals surface area contributed by atoms with Crippen molar-refractivity contribution in [2.24, 2.45) is 22.7 Å². The number of benzene rings is 1. The van der Waals surface area contributed by atoms with E-state index in [0.717, 1.165) is 12.1 Å². The number of carbonyl (C=O) groups is 1. The van der Waals surface area contributed by atoms with E-state index in [1.165, 1.54) is 19.3 Å². The third-order valence-electron chi connectivity index (χ3n) is 4.32. The van der Waals surface area contributed by atoms with Crippen LogP contribution in [0.5, 0.6) is 0 Å². The van der Waals surface area contributed by atoms with E-state index in [9.17, 15) is 4.79 Å². The van der Waals surface area contributed by atoms with E-state index in [4.69, 9.17) is 10.9 Å². The van der Waals surface area contributed by atoms with Crippen LogP contribution < -0.4 is 11.1 Å². The van der Waals surface area contributed by atoms with Crippen LogP contribution in [0.4, 0.5) is 0 Å². The number of amides is 1. The molecule has 114 valence electrons. The van der Waals surface area contributed by atoms with Crippen molar-refractivity contribution in [3.05, 3.63) is 35.4 Å². The Labute approximate surface area is 125 Å². The summed E-state index contributed by atoms with van der Waals surface area (Å²) in [6.07, 6.45) is 4.13. The van der Waals surface area contributed by atoms with Gasteiger partial charge in [0.25, 0.3) is 0 Å². The average molecular weight is 289 g/mol. The van der Waals surface area contributed by atoms with Gasteiger partial charge in [-0.25, -0.2) is 0 Å². The lowest BCUT2D eigenvalue weighted by molar-refractivity contribution is -0.120. The summed E-state index contributed by atoms with van der Waals surface area (Å²) in [4.78, 5) is 12.0. The number of hydrogen-bond acceptors (Lipinski definition) is 3. The van der Waals surface area contributed by atoms with Crippen LogP contribution in [-0.4, -0.2) is 23.5 Å². The highest BCUT2D eigenvalue weighted by molar-refractivity contribution is 5.97. The van der Waals surface area contributed by atoms with Crippen molar-refractivity contribution in [1.82, 2.24) is 5.32 Å². The number of nitrogens with two attached hydrogens (primary N) is 1. The highest BCUT2D eigenvalue weighted by Crippen LogP contribution is 2.30. The highest BCUT2D eigenvalue weighted by atomic mass is 16.4. The minimum Gasteiger partial charge on any atom is -0.409 e. The molecule has 0 radical (unpaired) electrons. The summed E-state index contributed by atoms with van der Waals surface area (Å²) < 4.78 is 0. The molecule has 2 rings (SSSR count). The van der Waals surface area contributed by atoms with Gasteiger partial charge in [0.15, 0.2) is 5.84 Å². The van der Waals surface area contributed by atoms with Crippen molar-refractivity contribution >= 4 is 11.7 Å². The zero-order valence-electron chi connectivity index (χ0n) is 12.4. The fourth-order valence-electron chi connectivity index (χ4n) is 2.87. The standard InChI is InChI=1S/C16H23N3O2/c1-11-3-2-4-14(11)10-18-15(20)9-12-5-7-13(8-6-12)16(17)19-21/h5-8,11,14,21H,2-4,9-10H2,1H3,(H2,17,19)(H,18,20). The van der Waals surface area contributed by atoms with E-state index in [1.807, 2.05) is 12.1 Å². The smallest absolute Gasteiger partial charge is 0.224 e. The molecule has 2 unspecified atom stereocenters. The first-order valence-corrected chi connectivity index (χ1v) is 7.43. The highest BCUT2D eigenvalue weighted by Gasteiger charge is 2.23. The molecule has 0 aromatic heterocycles. The Morgan fingerprint density at radius 3 is 2.67 bits per heavy atom. The first-order valence-electron chi connectivity index (χ1n) is 7.43. The quantitative estimate of drug-likeness (QED) is 0.335. The van der Waals surface area contributed by atoms with Crippen molar-refractivity contribution in [1.29, 1.82) is 0 Å². The summed E-state index contributed by atoms with van der Waals surface area (Å²) in [5.41, 5.74) is 7.06. The Morgan fingerprint density at radius 2 is 2.10 bits per heavy atom. The van der Waals surface area contributed by atoms with Crippen molar-refractivity contribution in [3.63, 3.8) is 0 Å². The van der Waals surface area contributed by atoms with E-state index in [2.05, 4.69) is 17.4 Å². The van der Waals surface area contributed by atoms with Crippen LogP contribution in [0.1, 0.15) is 37.3 Å². The fourth-order valence-corrected chi connectivity index (χ4v) is 2.87. The molecule has 21 heavy (non-hydrogen) atoms. The van der Waals surface area contributed by atoms with Gasteiger partial charge in [0, 0.05) is 12.1 Å². The third-order valence-corrected chi connectivity index (χ3v) is 4.32. The molecule has 1 saturated carbocycles. The fraction of sp³-hybridized carbons (Fsp3) is 0.500. The average Bonchev–Trinajstić information content (AvgIpc) is 2.90. The maximum atomic E-state index is 12.0. The largest absolute Gasteiger partial charge is 0.409 e. The third kappa shape index (κ3) is 4.21. The number of nitrogens with zero attached hydrogens (tertiary/aromatic N) is 1. The second kappa shape index (κ2) is 7.11. The van der Waals surface area contributed by atoms with Gasteiger partial charge < -0.3 is 16.3 Å². The van der Waals surface area contributed by atoms with Crippen molar-refractivity contribution in [2.45, 2.75) is 32.6 Å². The molecule has 4 N–H and O–H groups in total. The lowest BCUT2D eigenvalue weighted by Gasteiger charge is -2.15. The van der Waals surface area contributed by atoms with Gasteiger partial charge in [-0.15, -0.1) is 0 Å². The molecular formula is C16H23N3O2. The van der Waals surface area contributed by atoms with Gasteiger partial charge in [0.2, 0.25) is 5.91 Å². The Morgan fingerprint density at radius 1 is 1.38 bits per heavy atom. The van der Waals surface area contributed by atoms with Gasteiger partial charge >= 0.3 is 0 Å². The van der Waals surface area contributed by atoms with Crippen LogP contribution in [0.2, 0.25) is 0 Å². The van der Waals surface area contributed by atoms with E-state index in [-0.39, 0.29) is 11.7 Å². The Bertz CT molecular complexity index is 511. The molecule has 1 aliphatic rings. The first kappa shape index (κ1) is 15.4. The van der Waals surface area contributed by atoms with Crippen molar-refractivity contribution < 1.29 is 10.0 Å². The van der Waals surface area contributed by atoms with Crippen molar-refractivity contribution in [2.75, 3.05) is 6.54 Å². The van der Waals surface area contributed by atoms with Crippen LogP contribution in [0.15, 0.2) is 29.4 Å². The van der Waals surface area contributed by atoms with Gasteiger partial charge in [-0.2, -0.15) is 0 Å². The number of amidine groups is 1. The second-order valence-corrected chi connectivity index (χ2v) is 5.83. The summed E-state index contributed by atoms with van der Waals surface area (Å²) in [5, 5.41) is 14.6. The Balaban J connectivity index is 1.82. The number of rotatable bonds is 5. The molecular weight excluding hydrogens is 266 g/mol. The van der Waals surface area contributed by atoms with E-state index >= 15 is 0 Å². The lowest BCUT2D eigenvalue weighted by Crippen LogP contribution is -2.31. The van der Waals surface area contributed by atoms with Crippen LogP contribution in [-0.2, 0) is 11.2 Å². The van der Waals surface area contributed by atoms with Crippen LogP contribution in [0, 0.1) is 11.8 Å². The van der Waals surface area contributed by atoms with Gasteiger partial charge in [-0.3, -0.25) is 4.79 Å². The van der Waals surface area contributed by atoms with E-state index < -0.39 is 0 Å². The molecule has 5 nitrogen and oxygen atoms in total. The number of nitrogens with one attached hydrogen (secondary N) is 1. The van der Waals surface area contributed by atoms with Crippen LogP contribution in [0.25, 0.3) is 0 Å². The monoisotopic (exact) mass is 289 g/mol. The summed E-state index contributed by atoms with van der Waals surface area (Å²) in [7, 11) is 0. The van der Waals surface area contributed by atoms with Crippen LogP contribution >= 0.6 is 0 Å². The molecule has 1 aromatic rings. The van der Waals surface area contributed by atoms with E-state index in [0.29, 0.717) is 23.8 Å². The minimum atomic E-state index is 0.0469. The van der Waals surface area contributed by atoms with Gasteiger partial charge in [-0.1, -0.05) is 49.2 Å². The molecule has 1 aliphatic carbocycles. The maximum absolute atomic E-state index is 12.0. The molecule has 0 heterocycles. The predicted octanol–water partition coefficient (Wildman–Crippen LogP) is 1.88. The Kier molecular flexibility index (Phi) is 5.20. The zero-order chi connectivity index (χ0) is 15.2. The Hall–Kier alpha value is -2.04. The summed E-state index contributed by atoms with van der Waals surface area (Å²) in [5.74, 6) is 1.45. The number of carbonyl (C=O) groups excluding carboxylic acids is 1. The molecule has 2 atom stereocenters. The molecule has 5 heteroatoms. The predicted molar refractivity (Wildman–Crippen MR) is 82.2 cm³/mol. The summed E-state index contributed by atoms with van der Waals surface area (Å²) >= 11 is 0. The molecule has 1 amide bonds. The molecule has 0 spiro atoms. The zero-order valence-corrected chi connectivity index (χ0v) is 12.4. The van der Waals surface area contributed by atoms with Gasteiger partial charge in [0.05, 0.1) is 6.42 Å². The molecule has 1 aromatic carbocycles. The maximum Gasteiger partial charge on any atom is 0.224 e. The van der Waals surface area contributed by atoms with Crippen LogP contribution in [0.3, 0.4) is 0 Å². The van der Waals surface area contributed by atoms with Crippen molar-refractivity contribution in [3.8, 4) is 0 Å². The van der Waals surface area contributed by atoms with E-state index in [1.54, 1.807) is 12.1 Å². The summed E-state index contributed by atoms with van der Waals surface area (Å²) in [6.45, 7) is 3.04. The molecule has 0 bridgehead atoms. The lowest BCUT2D eigenvalue weighted by atomic mass is 9.98. The number of hydrogen-bond donors (Lipinski definition) is 3. The molecule has 0 aliphatic heterocycles. The number of oxime groups is 1. The first-order chi connectivity index (χ1) is 10.1. The topological polar surface area (TPSA) is 87.7 Å². The SMILES string of the molecule is CC1CCCC1CNC(=O)Cc1ccc(/C(N)=N/O)cc1. The minimum absolute atomic E-state index is 0.0469. The summed E-state index contributed by atoms with van der Waals surface area (Å²) in [6, 6.07) is 7.14. The molecule has 1 fully saturated rings. The second-order valence-electron chi connectivity index (χ2n) is 5.83. The van der Waals surface area contributed by atoms with Gasteiger partial charge in [-0.05, 0) is 23.8 Å². The molecule has 0 saturated heterocycles. The normalized spacial score (nSPS) is 22.2. The van der Waals surface area contributed by atoms with Gasteiger partial charge in [0.1, 0.15) is 0 Å².